The van der Waals surface area contributed by atoms with Crippen molar-refractivity contribution in [3.8, 4) is 0 Å². The molecule has 4 heterocycles. The van der Waals surface area contributed by atoms with Crippen molar-refractivity contribution < 1.29 is 9.53 Å². The summed E-state index contributed by atoms with van der Waals surface area (Å²) >= 11 is 0. The molecule has 3 aliphatic rings. The first-order valence-electron chi connectivity index (χ1n) is 9.73. The highest BCUT2D eigenvalue weighted by atomic mass is 16.5. The van der Waals surface area contributed by atoms with Crippen molar-refractivity contribution in [3.63, 3.8) is 0 Å². The van der Waals surface area contributed by atoms with Gasteiger partial charge in [0, 0.05) is 56.8 Å². The lowest BCUT2D eigenvalue weighted by Crippen LogP contribution is -2.62. The standard InChI is InChI=1S/C19H30N6O2/c1-22(2)11-17(26)25-13-19(14-25)12-23(3)10-15(19)16-4-5-20-18(21-16)24-6-8-27-9-7-24/h4-5,15H,6-14H2,1-3H3. The lowest BCUT2D eigenvalue weighted by atomic mass is 9.70. The van der Waals surface area contributed by atoms with Crippen LogP contribution in [0.5, 0.6) is 0 Å². The number of hydrogen-bond donors (Lipinski definition) is 0. The Balaban J connectivity index is 1.50. The number of anilines is 1. The zero-order chi connectivity index (χ0) is 19.0. The van der Waals surface area contributed by atoms with Gasteiger partial charge < -0.3 is 24.3 Å². The van der Waals surface area contributed by atoms with Crippen LogP contribution in [0.1, 0.15) is 11.6 Å². The molecule has 0 radical (unpaired) electrons. The zero-order valence-corrected chi connectivity index (χ0v) is 16.6. The van der Waals surface area contributed by atoms with Gasteiger partial charge in [-0.25, -0.2) is 9.97 Å². The second kappa shape index (κ2) is 7.33. The fraction of sp³-hybridized carbons (Fsp3) is 0.737. The van der Waals surface area contributed by atoms with E-state index in [-0.39, 0.29) is 11.3 Å². The third-order valence-corrected chi connectivity index (χ3v) is 5.95. The number of aromatic nitrogens is 2. The largest absolute Gasteiger partial charge is 0.378 e. The van der Waals surface area contributed by atoms with Crippen molar-refractivity contribution in [3.05, 3.63) is 18.0 Å². The number of nitrogens with zero attached hydrogens (tertiary/aromatic N) is 6. The Morgan fingerprint density at radius 3 is 2.74 bits per heavy atom. The Morgan fingerprint density at radius 1 is 1.30 bits per heavy atom. The van der Waals surface area contributed by atoms with Gasteiger partial charge in [0.25, 0.3) is 0 Å². The first-order chi connectivity index (χ1) is 13.0. The predicted octanol–water partition coefficient (Wildman–Crippen LogP) is -0.268. The highest BCUT2D eigenvalue weighted by molar-refractivity contribution is 5.79. The molecule has 0 N–H and O–H groups in total. The lowest BCUT2D eigenvalue weighted by molar-refractivity contribution is -0.144. The molecule has 4 rings (SSSR count). The van der Waals surface area contributed by atoms with Gasteiger partial charge in [0.05, 0.1) is 25.5 Å². The van der Waals surface area contributed by atoms with E-state index in [4.69, 9.17) is 9.72 Å². The molecule has 0 saturated carbocycles. The van der Waals surface area contributed by atoms with Crippen LogP contribution in [0.3, 0.4) is 0 Å². The van der Waals surface area contributed by atoms with Crippen molar-refractivity contribution in [1.29, 1.82) is 0 Å². The van der Waals surface area contributed by atoms with Gasteiger partial charge in [-0.1, -0.05) is 0 Å². The molecule has 3 fully saturated rings. The Bertz CT molecular complexity index is 685. The normalized spacial score (nSPS) is 25.3. The molecule has 0 aliphatic carbocycles. The molecule has 3 aliphatic heterocycles. The maximum Gasteiger partial charge on any atom is 0.236 e. The van der Waals surface area contributed by atoms with Crippen molar-refractivity contribution >= 4 is 11.9 Å². The van der Waals surface area contributed by atoms with Crippen LogP contribution in [0, 0.1) is 5.41 Å². The summed E-state index contributed by atoms with van der Waals surface area (Å²) in [4.78, 5) is 30.3. The average molecular weight is 374 g/mol. The molecule has 1 amide bonds. The number of carbonyl (C=O) groups excluding carboxylic acids is 1. The molecule has 0 aromatic carbocycles. The number of hydrogen-bond acceptors (Lipinski definition) is 7. The minimum absolute atomic E-state index is 0.118. The molecule has 8 heteroatoms. The van der Waals surface area contributed by atoms with E-state index in [1.807, 2.05) is 30.1 Å². The number of morpholine rings is 1. The zero-order valence-electron chi connectivity index (χ0n) is 16.6. The molecule has 1 aromatic heterocycles. The van der Waals surface area contributed by atoms with Gasteiger partial charge in [0.15, 0.2) is 0 Å². The average Bonchev–Trinajstić information content (AvgIpc) is 2.98. The van der Waals surface area contributed by atoms with Crippen molar-refractivity contribution in [2.45, 2.75) is 5.92 Å². The molecule has 148 valence electrons. The van der Waals surface area contributed by atoms with E-state index < -0.39 is 0 Å². The molecule has 8 nitrogen and oxygen atoms in total. The minimum atomic E-state index is 0.118. The number of carbonyl (C=O) groups is 1. The van der Waals surface area contributed by atoms with Crippen LogP contribution in [-0.4, -0.2) is 111 Å². The van der Waals surface area contributed by atoms with E-state index in [9.17, 15) is 4.79 Å². The quantitative estimate of drug-likeness (QED) is 0.719. The minimum Gasteiger partial charge on any atom is -0.378 e. The van der Waals surface area contributed by atoms with Crippen LogP contribution in [-0.2, 0) is 9.53 Å². The molecule has 1 aromatic rings. The van der Waals surface area contributed by atoms with E-state index in [0.717, 1.165) is 64.1 Å². The van der Waals surface area contributed by atoms with Gasteiger partial charge in [-0.2, -0.15) is 0 Å². The van der Waals surface area contributed by atoms with Crippen molar-refractivity contribution in [1.82, 2.24) is 24.7 Å². The second-order valence-corrected chi connectivity index (χ2v) is 8.48. The summed E-state index contributed by atoms with van der Waals surface area (Å²) in [6, 6.07) is 2.06. The summed E-state index contributed by atoms with van der Waals surface area (Å²) in [5.74, 6) is 1.37. The van der Waals surface area contributed by atoms with Gasteiger partial charge in [0.1, 0.15) is 0 Å². The molecular formula is C19H30N6O2. The highest BCUT2D eigenvalue weighted by Crippen LogP contribution is 2.48. The number of ether oxygens (including phenoxy) is 1. The first-order valence-corrected chi connectivity index (χ1v) is 9.73. The number of rotatable bonds is 4. The molecular weight excluding hydrogens is 344 g/mol. The van der Waals surface area contributed by atoms with E-state index in [1.54, 1.807) is 0 Å². The molecule has 3 saturated heterocycles. The summed E-state index contributed by atoms with van der Waals surface area (Å²) in [6.45, 7) is 7.26. The van der Waals surface area contributed by atoms with Crippen LogP contribution < -0.4 is 4.90 Å². The fourth-order valence-electron chi connectivity index (χ4n) is 4.68. The van der Waals surface area contributed by atoms with Gasteiger partial charge >= 0.3 is 0 Å². The maximum absolute atomic E-state index is 12.4. The number of amides is 1. The van der Waals surface area contributed by atoms with E-state index in [2.05, 4.69) is 27.9 Å². The second-order valence-electron chi connectivity index (χ2n) is 8.48. The van der Waals surface area contributed by atoms with E-state index >= 15 is 0 Å². The van der Waals surface area contributed by atoms with Gasteiger partial charge in [-0.15, -0.1) is 0 Å². The summed E-state index contributed by atoms with van der Waals surface area (Å²) < 4.78 is 5.44. The van der Waals surface area contributed by atoms with Crippen LogP contribution in [0.15, 0.2) is 12.3 Å². The lowest BCUT2D eigenvalue weighted by Gasteiger charge is -2.51. The molecule has 1 unspecified atom stereocenters. The first kappa shape index (κ1) is 18.6. The van der Waals surface area contributed by atoms with E-state index in [0.29, 0.717) is 12.5 Å². The van der Waals surface area contributed by atoms with Crippen LogP contribution in [0.4, 0.5) is 5.95 Å². The summed E-state index contributed by atoms with van der Waals surface area (Å²) in [6.07, 6.45) is 1.88. The van der Waals surface area contributed by atoms with Gasteiger partial charge in [-0.05, 0) is 27.2 Å². The van der Waals surface area contributed by atoms with E-state index in [1.165, 1.54) is 0 Å². The Hall–Kier alpha value is -1.77. The Kier molecular flexibility index (Phi) is 5.05. The fourth-order valence-corrected chi connectivity index (χ4v) is 4.68. The van der Waals surface area contributed by atoms with Crippen molar-refractivity contribution in [2.24, 2.45) is 5.41 Å². The van der Waals surface area contributed by atoms with Crippen LogP contribution in [0.2, 0.25) is 0 Å². The maximum atomic E-state index is 12.4. The number of likely N-dealkylation sites (N-methyl/N-ethyl adjacent to an activating group) is 2. The molecule has 27 heavy (non-hydrogen) atoms. The Labute approximate surface area is 161 Å². The Morgan fingerprint density at radius 2 is 2.04 bits per heavy atom. The molecule has 0 bridgehead atoms. The summed E-state index contributed by atoms with van der Waals surface area (Å²) in [5, 5.41) is 0. The van der Waals surface area contributed by atoms with Gasteiger partial charge in [0.2, 0.25) is 11.9 Å². The topological polar surface area (TPSA) is 65.0 Å². The molecule has 1 spiro atoms. The summed E-state index contributed by atoms with van der Waals surface area (Å²) in [7, 11) is 6.04. The van der Waals surface area contributed by atoms with Gasteiger partial charge in [-0.3, -0.25) is 4.79 Å². The SMILES string of the molecule is CN(C)CC(=O)N1CC2(CN(C)CC2c2ccnc(N3CCOCC3)n2)C1. The van der Waals surface area contributed by atoms with Crippen molar-refractivity contribution in [2.75, 3.05) is 85.1 Å². The van der Waals surface area contributed by atoms with Crippen LogP contribution >= 0.6 is 0 Å². The smallest absolute Gasteiger partial charge is 0.236 e. The molecule has 1 atom stereocenters. The number of likely N-dealkylation sites (tertiary alicyclic amines) is 2. The third-order valence-electron chi connectivity index (χ3n) is 5.95. The predicted molar refractivity (Wildman–Crippen MR) is 103 cm³/mol. The highest BCUT2D eigenvalue weighted by Gasteiger charge is 2.55. The monoisotopic (exact) mass is 374 g/mol. The summed E-state index contributed by atoms with van der Waals surface area (Å²) in [5.41, 5.74) is 1.23. The van der Waals surface area contributed by atoms with Crippen LogP contribution in [0.25, 0.3) is 0 Å². The third kappa shape index (κ3) is 3.66.